The van der Waals surface area contributed by atoms with E-state index in [4.69, 9.17) is 9.84 Å². The fraction of sp³-hybridized carbons (Fsp3) is 0.263. The van der Waals surface area contributed by atoms with Gasteiger partial charge in [0.25, 0.3) is 0 Å². The quantitative estimate of drug-likeness (QED) is 0.379. The van der Waals surface area contributed by atoms with Gasteiger partial charge in [-0.1, -0.05) is 59.0 Å². The van der Waals surface area contributed by atoms with E-state index >= 15 is 0 Å². The fourth-order valence-electron chi connectivity index (χ4n) is 1.99. The Morgan fingerprint density at radius 3 is 2.09 bits per heavy atom. The number of hydrogen-bond acceptors (Lipinski definition) is 3. The Balaban J connectivity index is 1.92. The first kappa shape index (κ1) is 17.8. The van der Waals surface area contributed by atoms with Crippen LogP contribution < -0.4 is 10.1 Å². The molecule has 23 heavy (non-hydrogen) atoms. The zero-order valence-electron chi connectivity index (χ0n) is 13.2. The van der Waals surface area contributed by atoms with Crippen LogP contribution in [0, 0.1) is 5.92 Å². The van der Waals surface area contributed by atoms with E-state index in [9.17, 15) is 0 Å². The lowest BCUT2D eigenvalue weighted by atomic mass is 10.1. The first-order valence-corrected chi connectivity index (χ1v) is 9.13. The molecular weight excluding hydrogens is 399 g/mol. The molecule has 0 aliphatic heterocycles. The van der Waals surface area contributed by atoms with Gasteiger partial charge in [0, 0.05) is 29.7 Å². The van der Waals surface area contributed by atoms with Gasteiger partial charge in [0.2, 0.25) is 0 Å². The molecule has 2 aromatic rings. The van der Waals surface area contributed by atoms with Crippen LogP contribution in [0.1, 0.15) is 11.1 Å². The number of aliphatic hydroxyl groups is 1. The van der Waals surface area contributed by atoms with Gasteiger partial charge in [0.05, 0.1) is 6.61 Å². The smallest absolute Gasteiger partial charge is 0.119 e. The van der Waals surface area contributed by atoms with Crippen molar-refractivity contribution in [2.75, 3.05) is 30.0 Å². The molecule has 3 nitrogen and oxygen atoms in total. The van der Waals surface area contributed by atoms with Gasteiger partial charge in [-0.15, -0.1) is 0 Å². The molecule has 4 heteroatoms. The molecule has 0 fully saturated rings. The minimum Gasteiger partial charge on any atom is -0.493 e. The van der Waals surface area contributed by atoms with E-state index in [-0.39, 0.29) is 12.5 Å². The molecule has 1 unspecified atom stereocenters. The zero-order chi connectivity index (χ0) is 16.5. The molecule has 0 heterocycles. The van der Waals surface area contributed by atoms with E-state index in [1.54, 1.807) is 0 Å². The van der Waals surface area contributed by atoms with Gasteiger partial charge in [-0.2, -0.15) is 0 Å². The first-order chi connectivity index (χ1) is 11.2. The van der Waals surface area contributed by atoms with E-state index in [1.807, 2.05) is 31.3 Å². The van der Waals surface area contributed by atoms with Crippen molar-refractivity contribution in [3.63, 3.8) is 0 Å². The third kappa shape index (κ3) is 5.88. The van der Waals surface area contributed by atoms with Gasteiger partial charge in [0.1, 0.15) is 5.75 Å². The predicted octanol–water partition coefficient (Wildman–Crippen LogP) is 4.32. The highest BCUT2D eigenvalue weighted by Crippen LogP contribution is 2.16. The number of ether oxygens (including phenoxy) is 1. The molecule has 122 valence electrons. The van der Waals surface area contributed by atoms with Crippen LogP contribution in [0.5, 0.6) is 5.75 Å². The zero-order valence-corrected chi connectivity index (χ0v) is 15.4. The minimum atomic E-state index is 0.163. The van der Waals surface area contributed by atoms with Crippen LogP contribution in [0.2, 0.25) is 0 Å². The number of aliphatic hydroxyl groups excluding tert-OH is 1. The third-order valence-corrected chi connectivity index (χ3v) is 4.76. The molecule has 0 saturated heterocycles. The van der Waals surface area contributed by atoms with Crippen molar-refractivity contribution in [2.24, 2.45) is 5.92 Å². The lowest BCUT2D eigenvalue weighted by Gasteiger charge is -2.12. The van der Waals surface area contributed by atoms with Gasteiger partial charge in [-0.25, -0.2) is 0 Å². The molecule has 2 aromatic carbocycles. The van der Waals surface area contributed by atoms with Crippen LogP contribution in [0.25, 0.3) is 12.2 Å². The Morgan fingerprint density at radius 1 is 1.04 bits per heavy atom. The maximum atomic E-state index is 9.16. The molecule has 2 N–H and O–H groups in total. The molecule has 0 aromatic heterocycles. The van der Waals surface area contributed by atoms with Crippen LogP contribution in [0.15, 0.2) is 48.5 Å². The summed E-state index contributed by atoms with van der Waals surface area (Å²) < 4.78 is 6.59. The molecule has 0 radical (unpaired) electrons. The molecule has 0 aliphatic carbocycles. The molecule has 0 spiro atoms. The van der Waals surface area contributed by atoms with Crippen molar-refractivity contribution in [3.8, 4) is 5.75 Å². The summed E-state index contributed by atoms with van der Waals surface area (Å²) in [5.74, 6) is 1.03. The summed E-state index contributed by atoms with van der Waals surface area (Å²) in [5, 5.41) is 12.3. The topological polar surface area (TPSA) is 41.5 Å². The van der Waals surface area contributed by atoms with Gasteiger partial charge in [-0.05, 0) is 35.4 Å². The summed E-state index contributed by atoms with van der Waals surface area (Å²) in [5.41, 5.74) is 3.40. The highest BCUT2D eigenvalue weighted by Gasteiger charge is 2.06. The summed E-state index contributed by atoms with van der Waals surface area (Å²) >= 11 is 2.27. The number of hydrogen-bond donors (Lipinski definition) is 2. The number of benzene rings is 2. The number of halogens is 1. The lowest BCUT2D eigenvalue weighted by molar-refractivity contribution is 0.179. The van der Waals surface area contributed by atoms with Crippen molar-refractivity contribution < 1.29 is 9.84 Å². The van der Waals surface area contributed by atoms with Crippen LogP contribution in [0.3, 0.4) is 0 Å². The SMILES string of the molecule is CNc1ccc(/C=C/c2ccc(OCC(CO)C[125I])cc2)cc1. The second-order valence-corrected chi connectivity index (χ2v) is 6.17. The van der Waals surface area contributed by atoms with Crippen molar-refractivity contribution in [1.29, 1.82) is 0 Å². The summed E-state index contributed by atoms with van der Waals surface area (Å²) in [6, 6.07) is 16.3. The molecule has 1 atom stereocenters. The van der Waals surface area contributed by atoms with Crippen LogP contribution in [0.4, 0.5) is 5.69 Å². The molecule has 0 amide bonds. The second kappa shape index (κ2) is 9.57. The standard InChI is InChI=1S/C19H22INO2/c1-21-18-8-4-15(5-9-18)2-3-16-6-10-19(11-7-16)23-14-17(12-20)13-22/h2-11,17,21-22H,12-14H2,1H3/b3-2+/i20-2. The lowest BCUT2D eigenvalue weighted by Crippen LogP contribution is -2.17. The average Bonchev–Trinajstić information content (AvgIpc) is 2.62. The minimum absolute atomic E-state index is 0.163. The highest BCUT2D eigenvalue weighted by atomic mass is 125. The molecule has 0 aliphatic rings. The number of nitrogens with one attached hydrogen (secondary N) is 1. The normalized spacial score (nSPS) is 12.3. The number of anilines is 1. The van der Waals surface area contributed by atoms with Gasteiger partial charge in [-0.3, -0.25) is 0 Å². The average molecular weight is 421 g/mol. The largest absolute Gasteiger partial charge is 0.493 e. The fourth-order valence-corrected chi connectivity index (χ4v) is 2.52. The van der Waals surface area contributed by atoms with E-state index in [1.165, 1.54) is 0 Å². The van der Waals surface area contributed by atoms with Gasteiger partial charge >= 0.3 is 0 Å². The van der Waals surface area contributed by atoms with Crippen molar-refractivity contribution >= 4 is 40.4 Å². The van der Waals surface area contributed by atoms with Crippen LogP contribution in [-0.2, 0) is 0 Å². The van der Waals surface area contributed by atoms with Crippen molar-refractivity contribution in [2.45, 2.75) is 0 Å². The van der Waals surface area contributed by atoms with Crippen molar-refractivity contribution in [3.05, 3.63) is 59.7 Å². The maximum absolute atomic E-state index is 9.16. The predicted molar refractivity (Wildman–Crippen MR) is 106 cm³/mol. The Labute approximate surface area is 151 Å². The second-order valence-electron chi connectivity index (χ2n) is 5.29. The summed E-state index contributed by atoms with van der Waals surface area (Å²) in [6.45, 7) is 0.711. The summed E-state index contributed by atoms with van der Waals surface area (Å²) in [6.07, 6.45) is 4.17. The third-order valence-electron chi connectivity index (χ3n) is 3.51. The van der Waals surface area contributed by atoms with Crippen molar-refractivity contribution in [1.82, 2.24) is 0 Å². The number of rotatable bonds is 8. The van der Waals surface area contributed by atoms with E-state index in [2.05, 4.69) is 64.3 Å². The monoisotopic (exact) mass is 421 g/mol. The Bertz CT molecular complexity index is 604. The van der Waals surface area contributed by atoms with Gasteiger partial charge in [0.15, 0.2) is 0 Å². The molecule has 0 saturated carbocycles. The summed E-state index contributed by atoms with van der Waals surface area (Å²) in [7, 11) is 1.91. The first-order valence-electron chi connectivity index (χ1n) is 7.60. The Kier molecular flexibility index (Phi) is 7.42. The van der Waals surface area contributed by atoms with E-state index in [0.717, 1.165) is 27.0 Å². The molecular formula is C19H22INO2. The van der Waals surface area contributed by atoms with Gasteiger partial charge < -0.3 is 15.2 Å². The number of alkyl halides is 1. The van der Waals surface area contributed by atoms with Crippen LogP contribution in [-0.4, -0.2) is 29.8 Å². The Morgan fingerprint density at radius 2 is 1.61 bits per heavy atom. The van der Waals surface area contributed by atoms with Crippen LogP contribution >= 0.6 is 22.6 Å². The highest BCUT2D eigenvalue weighted by molar-refractivity contribution is 14.1. The molecule has 0 bridgehead atoms. The Hall–Kier alpha value is -1.53. The summed E-state index contributed by atoms with van der Waals surface area (Å²) in [4.78, 5) is 0. The maximum Gasteiger partial charge on any atom is 0.119 e. The molecule has 2 rings (SSSR count). The van der Waals surface area contributed by atoms with E-state index in [0.29, 0.717) is 6.61 Å². The van der Waals surface area contributed by atoms with E-state index < -0.39 is 0 Å².